The van der Waals surface area contributed by atoms with E-state index in [0.717, 1.165) is 5.56 Å². The molecule has 0 saturated carbocycles. The van der Waals surface area contributed by atoms with Gasteiger partial charge in [0.2, 0.25) is 5.71 Å². The first-order chi connectivity index (χ1) is 7.24. The third kappa shape index (κ3) is 1.53. The van der Waals surface area contributed by atoms with Crippen LogP contribution < -0.4 is 0 Å². The maximum absolute atomic E-state index is 8.62. The largest absolute Gasteiger partial charge is 0.434 e. The van der Waals surface area contributed by atoms with Gasteiger partial charge < -0.3 is 9.62 Å². The predicted molar refractivity (Wildman–Crippen MR) is 52.7 cm³/mol. The molecule has 5 heteroatoms. The Balaban J connectivity index is 2.62. The normalized spacial score (nSPS) is 11.6. The summed E-state index contributed by atoms with van der Waals surface area (Å²) in [7, 11) is 0. The lowest BCUT2D eigenvalue weighted by atomic mass is 10.2. The van der Waals surface area contributed by atoms with Crippen molar-refractivity contribution in [2.45, 2.75) is 6.92 Å². The fourth-order valence-electron chi connectivity index (χ4n) is 1.25. The zero-order valence-corrected chi connectivity index (χ0v) is 7.93. The molecule has 0 radical (unpaired) electrons. The maximum atomic E-state index is 8.62. The lowest BCUT2D eigenvalue weighted by Crippen LogP contribution is -1.96. The number of aromatic nitrogens is 1. The lowest BCUT2D eigenvalue weighted by Gasteiger charge is -1.87. The van der Waals surface area contributed by atoms with Gasteiger partial charge in [0.1, 0.15) is 11.6 Å². The highest BCUT2D eigenvalue weighted by atomic mass is 16.4. The molecule has 0 amide bonds. The van der Waals surface area contributed by atoms with Crippen LogP contribution in [0, 0.1) is 18.3 Å². The average molecular weight is 201 g/mol. The Kier molecular flexibility index (Phi) is 2.10. The molecule has 2 rings (SSSR count). The Morgan fingerprint density at radius 3 is 3.07 bits per heavy atom. The molecule has 0 bridgehead atoms. The molecular weight excluding hydrogens is 194 g/mol. The van der Waals surface area contributed by atoms with E-state index < -0.39 is 0 Å². The van der Waals surface area contributed by atoms with Crippen molar-refractivity contribution in [3.63, 3.8) is 0 Å². The van der Waals surface area contributed by atoms with Gasteiger partial charge in [-0.3, -0.25) is 0 Å². The molecule has 5 nitrogen and oxygen atoms in total. The van der Waals surface area contributed by atoms with Gasteiger partial charge in [0, 0.05) is 0 Å². The predicted octanol–water partition coefficient (Wildman–Crippen LogP) is 1.84. The fourth-order valence-corrected chi connectivity index (χ4v) is 1.25. The monoisotopic (exact) mass is 201 g/mol. The van der Waals surface area contributed by atoms with Crippen molar-refractivity contribution in [1.29, 1.82) is 5.26 Å². The summed E-state index contributed by atoms with van der Waals surface area (Å²) in [5, 5.41) is 19.9. The number of nitriles is 1. The summed E-state index contributed by atoms with van der Waals surface area (Å²) in [5.41, 5.74) is 2.00. The second-order valence-corrected chi connectivity index (χ2v) is 3.05. The first-order valence-electron chi connectivity index (χ1n) is 4.24. The second-order valence-electron chi connectivity index (χ2n) is 3.05. The van der Waals surface area contributed by atoms with Gasteiger partial charge in [-0.05, 0) is 24.6 Å². The molecule has 0 aliphatic heterocycles. The molecule has 0 spiro atoms. The van der Waals surface area contributed by atoms with E-state index in [1.165, 1.54) is 0 Å². The van der Waals surface area contributed by atoms with Crippen LogP contribution >= 0.6 is 0 Å². The zero-order valence-electron chi connectivity index (χ0n) is 7.93. The van der Waals surface area contributed by atoms with Gasteiger partial charge >= 0.3 is 0 Å². The third-order valence-electron chi connectivity index (χ3n) is 1.95. The van der Waals surface area contributed by atoms with Gasteiger partial charge in [-0.1, -0.05) is 11.2 Å². The van der Waals surface area contributed by atoms with Crippen molar-refractivity contribution in [2.75, 3.05) is 0 Å². The first-order valence-corrected chi connectivity index (χ1v) is 4.24. The topological polar surface area (TPSA) is 82.4 Å². The van der Waals surface area contributed by atoms with Gasteiger partial charge in [0.15, 0.2) is 5.58 Å². The van der Waals surface area contributed by atoms with E-state index in [-0.39, 0.29) is 11.6 Å². The average Bonchev–Trinajstić information content (AvgIpc) is 2.62. The van der Waals surface area contributed by atoms with Crippen molar-refractivity contribution >= 4 is 16.8 Å². The van der Waals surface area contributed by atoms with Crippen molar-refractivity contribution in [2.24, 2.45) is 5.16 Å². The fraction of sp³-hybridized carbons (Fsp3) is 0.100. The molecule has 0 aliphatic carbocycles. The quantitative estimate of drug-likeness (QED) is 0.433. The number of rotatable bonds is 1. The number of aryl methyl sites for hydroxylation is 1. The number of fused-ring (bicyclic) bond motifs is 1. The highest BCUT2D eigenvalue weighted by molar-refractivity contribution is 6.09. The lowest BCUT2D eigenvalue weighted by molar-refractivity contribution is 0.318. The van der Waals surface area contributed by atoms with Crippen LogP contribution in [0.5, 0.6) is 0 Å². The molecule has 1 heterocycles. The summed E-state index contributed by atoms with van der Waals surface area (Å²) in [4.78, 5) is 4.02. The molecule has 1 aromatic heterocycles. The Labute approximate surface area is 85.3 Å². The number of nitrogens with zero attached hydrogens (tertiary/aromatic N) is 3. The van der Waals surface area contributed by atoms with E-state index >= 15 is 0 Å². The van der Waals surface area contributed by atoms with Gasteiger partial charge in [0.05, 0.1) is 0 Å². The highest BCUT2D eigenvalue weighted by Gasteiger charge is 2.12. The van der Waals surface area contributed by atoms with Crippen molar-refractivity contribution in [1.82, 2.24) is 4.98 Å². The van der Waals surface area contributed by atoms with E-state index in [0.29, 0.717) is 11.1 Å². The van der Waals surface area contributed by atoms with Crippen molar-refractivity contribution in [3.8, 4) is 6.07 Å². The van der Waals surface area contributed by atoms with Crippen molar-refractivity contribution in [3.05, 3.63) is 29.7 Å². The van der Waals surface area contributed by atoms with Gasteiger partial charge in [0.25, 0.3) is 5.89 Å². The number of hydrogen-bond acceptors (Lipinski definition) is 5. The minimum Gasteiger partial charge on any atom is -0.434 e. The molecule has 15 heavy (non-hydrogen) atoms. The second kappa shape index (κ2) is 3.42. The van der Waals surface area contributed by atoms with Crippen LogP contribution in [0.1, 0.15) is 11.5 Å². The number of oxazole rings is 1. The number of oxime groups is 1. The third-order valence-corrected chi connectivity index (χ3v) is 1.95. The molecule has 74 valence electrons. The van der Waals surface area contributed by atoms with Gasteiger partial charge in [-0.25, -0.2) is 4.98 Å². The van der Waals surface area contributed by atoms with E-state index in [1.807, 2.05) is 13.0 Å². The van der Waals surface area contributed by atoms with Crippen LogP contribution in [-0.2, 0) is 0 Å². The molecule has 0 unspecified atom stereocenters. The van der Waals surface area contributed by atoms with Crippen LogP contribution in [0.25, 0.3) is 11.1 Å². The summed E-state index contributed by atoms with van der Waals surface area (Å²) in [6.45, 7) is 1.92. The maximum Gasteiger partial charge on any atom is 0.260 e. The highest BCUT2D eigenvalue weighted by Crippen LogP contribution is 2.17. The molecule has 0 aliphatic rings. The van der Waals surface area contributed by atoms with E-state index in [2.05, 4.69) is 10.1 Å². The molecule has 1 aromatic carbocycles. The van der Waals surface area contributed by atoms with Crippen LogP contribution in [0.15, 0.2) is 27.8 Å². The standard InChI is InChI=1S/C10H7N3O2/c1-6-2-3-7-9(4-6)15-10(12-7)8(5-11)13-14/h2-4,14H,1H3/b13-8+. The molecule has 0 saturated heterocycles. The summed E-state index contributed by atoms with van der Waals surface area (Å²) in [6.07, 6.45) is 0. The molecule has 2 aromatic rings. The van der Waals surface area contributed by atoms with Crippen molar-refractivity contribution < 1.29 is 9.62 Å². The Morgan fingerprint density at radius 2 is 2.40 bits per heavy atom. The minimum absolute atomic E-state index is 0.0283. The van der Waals surface area contributed by atoms with E-state index in [9.17, 15) is 0 Å². The molecule has 0 fully saturated rings. The Hall–Kier alpha value is -2.35. The number of benzene rings is 1. The summed E-state index contributed by atoms with van der Waals surface area (Å²) < 4.78 is 5.27. The van der Waals surface area contributed by atoms with E-state index in [4.69, 9.17) is 14.9 Å². The smallest absolute Gasteiger partial charge is 0.260 e. The Bertz CT molecular complexity index is 578. The summed E-state index contributed by atoms with van der Waals surface area (Å²) in [6, 6.07) is 7.16. The molecular formula is C10H7N3O2. The van der Waals surface area contributed by atoms with Crippen LogP contribution in [0.3, 0.4) is 0 Å². The summed E-state index contributed by atoms with van der Waals surface area (Å²) in [5.74, 6) is 0.0283. The number of hydrogen-bond donors (Lipinski definition) is 1. The SMILES string of the molecule is Cc1ccc2nc(/C(C#N)=N/O)oc2c1. The summed E-state index contributed by atoms with van der Waals surface area (Å²) >= 11 is 0. The molecule has 0 atom stereocenters. The van der Waals surface area contributed by atoms with Gasteiger partial charge in [-0.15, -0.1) is 0 Å². The van der Waals surface area contributed by atoms with Crippen LogP contribution in [0.2, 0.25) is 0 Å². The Morgan fingerprint density at radius 1 is 1.60 bits per heavy atom. The van der Waals surface area contributed by atoms with Crippen LogP contribution in [-0.4, -0.2) is 15.9 Å². The molecule has 1 N–H and O–H groups in total. The zero-order chi connectivity index (χ0) is 10.8. The van der Waals surface area contributed by atoms with Crippen LogP contribution in [0.4, 0.5) is 0 Å². The minimum atomic E-state index is -0.233. The van der Waals surface area contributed by atoms with Gasteiger partial charge in [-0.2, -0.15) is 5.26 Å². The first kappa shape index (κ1) is 9.21. The van der Waals surface area contributed by atoms with E-state index in [1.54, 1.807) is 18.2 Å².